The number of hydrogen-bond acceptors (Lipinski definition) is 5. The molecule has 0 unspecified atom stereocenters. The predicted molar refractivity (Wildman–Crippen MR) is 104 cm³/mol. The largest absolute Gasteiger partial charge is 0.452 e. The van der Waals surface area contributed by atoms with Crippen molar-refractivity contribution < 1.29 is 22.7 Å². The Bertz CT molecular complexity index is 765. The molecule has 1 rings (SSSR count). The zero-order valence-corrected chi connectivity index (χ0v) is 17.7. The zero-order valence-electron chi connectivity index (χ0n) is 16.1. The fraction of sp³-hybridized carbons (Fsp3) is 0.556. The number of sulfonamides is 1. The molecule has 0 saturated carbocycles. The van der Waals surface area contributed by atoms with Gasteiger partial charge in [0.2, 0.25) is 10.0 Å². The summed E-state index contributed by atoms with van der Waals surface area (Å²) in [5.41, 5.74) is -0.103. The van der Waals surface area contributed by atoms with Crippen molar-refractivity contribution in [3.63, 3.8) is 0 Å². The number of unbranched alkanes of at least 4 members (excludes halogenated alkanes) is 2. The number of ether oxygens (including phenoxy) is 1. The highest BCUT2D eigenvalue weighted by atomic mass is 35.5. The predicted octanol–water partition coefficient (Wildman–Crippen LogP) is 2.83. The first-order chi connectivity index (χ1) is 12.6. The van der Waals surface area contributed by atoms with Crippen LogP contribution in [0.4, 0.5) is 0 Å². The van der Waals surface area contributed by atoms with Crippen LogP contribution in [0.15, 0.2) is 23.1 Å². The summed E-state index contributed by atoms with van der Waals surface area (Å²) in [6, 6.07) is 3.56. The van der Waals surface area contributed by atoms with Crippen LogP contribution in [0.5, 0.6) is 0 Å². The molecule has 9 heteroatoms. The maximum absolute atomic E-state index is 12.6. The summed E-state index contributed by atoms with van der Waals surface area (Å²) in [4.78, 5) is 23.9. The third-order valence-electron chi connectivity index (χ3n) is 4.00. The molecule has 0 aliphatic heterocycles. The maximum atomic E-state index is 12.6. The molecule has 0 aliphatic carbocycles. The van der Waals surface area contributed by atoms with Crippen LogP contribution in [0.25, 0.3) is 0 Å². The zero-order chi connectivity index (χ0) is 20.6. The topological polar surface area (TPSA) is 92.8 Å². The third kappa shape index (κ3) is 6.79. The van der Waals surface area contributed by atoms with Gasteiger partial charge in [0.15, 0.2) is 6.61 Å². The molecule has 7 nitrogen and oxygen atoms in total. The van der Waals surface area contributed by atoms with E-state index in [0.29, 0.717) is 6.54 Å². The molecule has 1 N–H and O–H groups in total. The Morgan fingerprint density at radius 2 is 1.93 bits per heavy atom. The Labute approximate surface area is 166 Å². The lowest BCUT2D eigenvalue weighted by molar-refractivity contribution is -0.124. The van der Waals surface area contributed by atoms with Gasteiger partial charge in [0.1, 0.15) is 0 Å². The first-order valence-corrected chi connectivity index (χ1v) is 10.6. The molecular weight excluding hydrogens is 392 g/mol. The molecule has 0 spiro atoms. The van der Waals surface area contributed by atoms with Crippen molar-refractivity contribution in [3.05, 3.63) is 28.8 Å². The van der Waals surface area contributed by atoms with Crippen LogP contribution in [0.3, 0.4) is 0 Å². The van der Waals surface area contributed by atoms with Crippen LogP contribution in [-0.2, 0) is 19.6 Å². The van der Waals surface area contributed by atoms with Gasteiger partial charge in [-0.2, -0.15) is 4.31 Å². The highest BCUT2D eigenvalue weighted by molar-refractivity contribution is 7.89. The highest BCUT2D eigenvalue weighted by Crippen LogP contribution is 2.24. The van der Waals surface area contributed by atoms with E-state index in [2.05, 4.69) is 12.2 Å². The van der Waals surface area contributed by atoms with E-state index in [-0.39, 0.29) is 21.5 Å². The summed E-state index contributed by atoms with van der Waals surface area (Å²) in [5, 5.41) is 2.70. The van der Waals surface area contributed by atoms with Gasteiger partial charge < -0.3 is 10.1 Å². The van der Waals surface area contributed by atoms with Crippen molar-refractivity contribution in [2.75, 3.05) is 20.2 Å². The maximum Gasteiger partial charge on any atom is 0.340 e. The number of benzene rings is 1. The normalized spacial score (nSPS) is 11.7. The number of amides is 1. The van der Waals surface area contributed by atoms with Gasteiger partial charge in [0, 0.05) is 19.6 Å². The molecule has 0 atom stereocenters. The van der Waals surface area contributed by atoms with Crippen LogP contribution in [0.1, 0.15) is 50.4 Å². The summed E-state index contributed by atoms with van der Waals surface area (Å²) >= 11 is 6.01. The van der Waals surface area contributed by atoms with Gasteiger partial charge in [0.25, 0.3) is 5.91 Å². The van der Waals surface area contributed by atoms with Gasteiger partial charge in [0.05, 0.1) is 15.5 Å². The molecule has 0 fully saturated rings. The lowest BCUT2D eigenvalue weighted by Gasteiger charge is -2.21. The van der Waals surface area contributed by atoms with Crippen LogP contribution in [0.2, 0.25) is 5.02 Å². The minimum Gasteiger partial charge on any atom is -0.452 e. The number of nitrogens with zero attached hydrogens (tertiary/aromatic N) is 1. The number of carbonyl (C=O) groups excluding carboxylic acids is 2. The average molecular weight is 419 g/mol. The molecule has 0 heterocycles. The van der Waals surface area contributed by atoms with E-state index < -0.39 is 28.5 Å². The quantitative estimate of drug-likeness (QED) is 0.466. The number of carbonyl (C=O) groups is 2. The van der Waals surface area contributed by atoms with E-state index in [1.165, 1.54) is 23.5 Å². The molecule has 0 aromatic heterocycles. The number of nitrogens with one attached hydrogen (secondary N) is 1. The van der Waals surface area contributed by atoms with Crippen LogP contribution in [0, 0.1) is 0 Å². The lowest BCUT2D eigenvalue weighted by atomic mass is 10.2. The first kappa shape index (κ1) is 23.4. The van der Waals surface area contributed by atoms with Gasteiger partial charge in [-0.15, -0.1) is 0 Å². The monoisotopic (exact) mass is 418 g/mol. The number of hydrogen-bond donors (Lipinski definition) is 1. The summed E-state index contributed by atoms with van der Waals surface area (Å²) in [5.74, 6) is -1.27. The molecule has 27 heavy (non-hydrogen) atoms. The molecule has 0 radical (unpaired) electrons. The Kier molecular flexibility index (Phi) is 9.21. The Morgan fingerprint density at radius 3 is 2.52 bits per heavy atom. The molecule has 0 saturated heterocycles. The minimum absolute atomic E-state index is 0.0505. The minimum atomic E-state index is -3.77. The van der Waals surface area contributed by atoms with Crippen LogP contribution in [-0.4, -0.2) is 50.8 Å². The van der Waals surface area contributed by atoms with E-state index in [9.17, 15) is 18.0 Å². The third-order valence-corrected chi connectivity index (χ3v) is 6.36. The molecular formula is C18H27ClN2O5S. The molecule has 1 aromatic carbocycles. The Hall–Kier alpha value is -1.64. The van der Waals surface area contributed by atoms with Crippen LogP contribution >= 0.6 is 11.6 Å². The fourth-order valence-electron chi connectivity index (χ4n) is 2.13. The fourth-order valence-corrected chi connectivity index (χ4v) is 3.72. The van der Waals surface area contributed by atoms with E-state index in [1.54, 1.807) is 13.8 Å². The van der Waals surface area contributed by atoms with E-state index in [1.807, 2.05) is 0 Å². The lowest BCUT2D eigenvalue weighted by Crippen LogP contribution is -2.33. The van der Waals surface area contributed by atoms with E-state index in [4.69, 9.17) is 16.3 Å². The average Bonchev–Trinajstić information content (AvgIpc) is 2.62. The molecule has 0 bridgehead atoms. The van der Waals surface area contributed by atoms with Crippen molar-refractivity contribution in [3.8, 4) is 0 Å². The second-order valence-electron chi connectivity index (χ2n) is 6.39. The van der Waals surface area contributed by atoms with Gasteiger partial charge in [-0.1, -0.05) is 31.4 Å². The molecule has 1 amide bonds. The van der Waals surface area contributed by atoms with E-state index >= 15 is 0 Å². The molecule has 0 aliphatic rings. The number of halogens is 1. The summed E-state index contributed by atoms with van der Waals surface area (Å²) < 4.78 is 31.3. The smallest absolute Gasteiger partial charge is 0.340 e. The molecule has 1 aromatic rings. The second kappa shape index (κ2) is 10.6. The van der Waals surface area contributed by atoms with Crippen molar-refractivity contribution in [2.24, 2.45) is 0 Å². The van der Waals surface area contributed by atoms with Crippen molar-refractivity contribution in [1.29, 1.82) is 0 Å². The molecule has 152 valence electrons. The summed E-state index contributed by atoms with van der Waals surface area (Å²) in [7, 11) is -2.32. The van der Waals surface area contributed by atoms with E-state index in [0.717, 1.165) is 25.3 Å². The standard InChI is InChI=1S/C18H27ClN2O5S/c1-5-6-7-10-20-17(22)12-26-18(23)15-11-14(8-9-16(15)19)27(24,25)21(4)13(2)3/h8-9,11,13H,5-7,10,12H2,1-4H3,(H,20,22). The number of esters is 1. The highest BCUT2D eigenvalue weighted by Gasteiger charge is 2.25. The van der Waals surface area contributed by atoms with Crippen molar-refractivity contribution in [1.82, 2.24) is 9.62 Å². The Morgan fingerprint density at radius 1 is 1.26 bits per heavy atom. The Balaban J connectivity index is 2.82. The van der Waals surface area contributed by atoms with Gasteiger partial charge in [-0.3, -0.25) is 4.79 Å². The first-order valence-electron chi connectivity index (χ1n) is 8.82. The SMILES string of the molecule is CCCCCNC(=O)COC(=O)c1cc(S(=O)(=O)N(C)C(C)C)ccc1Cl. The second-order valence-corrected chi connectivity index (χ2v) is 8.79. The van der Waals surface area contributed by atoms with Crippen LogP contribution < -0.4 is 5.32 Å². The summed E-state index contributed by atoms with van der Waals surface area (Å²) in [6.45, 7) is 5.59. The van der Waals surface area contributed by atoms with Gasteiger partial charge in [-0.05, 0) is 38.5 Å². The van der Waals surface area contributed by atoms with Crippen molar-refractivity contribution >= 4 is 33.5 Å². The summed E-state index contributed by atoms with van der Waals surface area (Å²) in [6.07, 6.45) is 2.89. The van der Waals surface area contributed by atoms with Crippen molar-refractivity contribution in [2.45, 2.75) is 51.0 Å². The number of rotatable bonds is 10. The van der Waals surface area contributed by atoms with Gasteiger partial charge >= 0.3 is 5.97 Å². The van der Waals surface area contributed by atoms with Gasteiger partial charge in [-0.25, -0.2) is 13.2 Å².